The van der Waals surface area contributed by atoms with Gasteiger partial charge in [0.2, 0.25) is 5.72 Å². The fourth-order valence-electron chi connectivity index (χ4n) is 6.83. The molecular formula is C45H41N3O4. The molecule has 0 bridgehead atoms. The fraction of sp³-hybridized carbons (Fsp3) is 0.200. The first-order valence-corrected chi connectivity index (χ1v) is 17.5. The Morgan fingerprint density at radius 1 is 0.692 bits per heavy atom. The predicted molar refractivity (Wildman–Crippen MR) is 204 cm³/mol. The summed E-state index contributed by atoms with van der Waals surface area (Å²) in [5.74, 6) is -0.285. The minimum Gasteiger partial charge on any atom is -0.426 e. The zero-order valence-electron chi connectivity index (χ0n) is 29.9. The van der Waals surface area contributed by atoms with Crippen LogP contribution in [0.2, 0.25) is 0 Å². The van der Waals surface area contributed by atoms with Gasteiger partial charge in [-0.15, -0.1) is 0 Å². The molecule has 2 heterocycles. The molecule has 0 radical (unpaired) electrons. The monoisotopic (exact) mass is 687 g/mol. The van der Waals surface area contributed by atoms with Gasteiger partial charge < -0.3 is 9.57 Å². The van der Waals surface area contributed by atoms with Crippen molar-refractivity contribution in [3.8, 4) is 0 Å². The Kier molecular flexibility index (Phi) is 9.43. The quantitative estimate of drug-likeness (QED) is 0.114. The minimum atomic E-state index is -1.25. The number of carbonyl (C=O) groups excluding carboxylic acids is 2. The second kappa shape index (κ2) is 14.3. The maximum Gasteiger partial charge on any atom is 0.343 e. The van der Waals surface area contributed by atoms with E-state index in [9.17, 15) is 9.59 Å². The van der Waals surface area contributed by atoms with Crippen LogP contribution in [0, 0.1) is 19.3 Å². The van der Waals surface area contributed by atoms with Crippen LogP contribution in [-0.2, 0) is 20.8 Å². The van der Waals surface area contributed by atoms with Crippen molar-refractivity contribution in [2.45, 2.75) is 52.7 Å². The van der Waals surface area contributed by atoms with E-state index < -0.39 is 17.1 Å². The molecule has 5 aromatic rings. The van der Waals surface area contributed by atoms with Crippen molar-refractivity contribution >= 4 is 28.9 Å². The smallest absolute Gasteiger partial charge is 0.343 e. The van der Waals surface area contributed by atoms with Crippen LogP contribution in [0.25, 0.3) is 5.57 Å². The number of allylic oxidation sites excluding steroid dienone is 1. The fourth-order valence-corrected chi connectivity index (χ4v) is 6.83. The van der Waals surface area contributed by atoms with E-state index in [1.807, 2.05) is 155 Å². The highest BCUT2D eigenvalue weighted by atomic mass is 16.7. The molecule has 0 N–H and O–H groups in total. The van der Waals surface area contributed by atoms with Gasteiger partial charge in [-0.2, -0.15) is 10.1 Å². The van der Waals surface area contributed by atoms with Gasteiger partial charge in [0.15, 0.2) is 0 Å². The lowest BCUT2D eigenvalue weighted by Gasteiger charge is -2.39. The normalized spacial score (nSPS) is 17.3. The lowest BCUT2D eigenvalue weighted by molar-refractivity contribution is -0.185. The maximum atomic E-state index is 14.3. The number of oxime groups is 1. The molecule has 0 aliphatic carbocycles. The van der Waals surface area contributed by atoms with Crippen LogP contribution in [-0.4, -0.2) is 34.0 Å². The Morgan fingerprint density at radius 3 is 1.81 bits per heavy atom. The Labute approximate surface area is 304 Å². The number of carbonyl (C=O) groups is 2. The number of hydrazone groups is 1. The van der Waals surface area contributed by atoms with E-state index in [0.717, 1.165) is 44.7 Å². The summed E-state index contributed by atoms with van der Waals surface area (Å²) < 4.78 is 6.43. The Balaban J connectivity index is 1.34. The molecule has 5 aromatic carbocycles. The summed E-state index contributed by atoms with van der Waals surface area (Å²) >= 11 is 0. The van der Waals surface area contributed by atoms with Crippen LogP contribution >= 0.6 is 0 Å². The molecule has 0 aromatic heterocycles. The first-order chi connectivity index (χ1) is 25.1. The summed E-state index contributed by atoms with van der Waals surface area (Å²) in [6.45, 7) is 8.07. The van der Waals surface area contributed by atoms with Crippen molar-refractivity contribution < 1.29 is 19.2 Å². The van der Waals surface area contributed by atoms with Crippen LogP contribution in [0.4, 0.5) is 0 Å². The maximum absolute atomic E-state index is 14.3. The van der Waals surface area contributed by atoms with E-state index >= 15 is 0 Å². The average molecular weight is 688 g/mol. The summed E-state index contributed by atoms with van der Waals surface area (Å²) in [5.41, 5.74) is 6.16. The van der Waals surface area contributed by atoms with Gasteiger partial charge in [0.25, 0.3) is 5.91 Å². The van der Waals surface area contributed by atoms with Gasteiger partial charge in [-0.25, -0.2) is 4.79 Å². The Hall–Kier alpha value is -6.08. The Morgan fingerprint density at radius 2 is 1.23 bits per heavy atom. The number of nitrogens with zero attached hydrogens (tertiary/aromatic N) is 3. The third-order valence-electron chi connectivity index (χ3n) is 10.0. The molecule has 52 heavy (non-hydrogen) atoms. The highest BCUT2D eigenvalue weighted by Gasteiger charge is 2.64. The third kappa shape index (κ3) is 6.70. The second-order valence-electron chi connectivity index (χ2n) is 14.0. The predicted octanol–water partition coefficient (Wildman–Crippen LogP) is 9.30. The molecule has 1 spiro atoms. The van der Waals surface area contributed by atoms with Gasteiger partial charge in [0, 0.05) is 12.0 Å². The first-order valence-electron chi connectivity index (χ1n) is 17.5. The van der Waals surface area contributed by atoms with E-state index in [1.165, 1.54) is 5.01 Å². The summed E-state index contributed by atoms with van der Waals surface area (Å²) in [4.78, 5) is 34.7. The summed E-state index contributed by atoms with van der Waals surface area (Å²) in [7, 11) is 0. The number of hydrogen-bond donors (Lipinski definition) is 0. The van der Waals surface area contributed by atoms with E-state index in [0.29, 0.717) is 23.5 Å². The number of aryl methyl sites for hydroxylation is 2. The zero-order valence-corrected chi connectivity index (χ0v) is 29.9. The van der Waals surface area contributed by atoms with E-state index in [2.05, 4.69) is 5.16 Å². The molecule has 2 aliphatic rings. The van der Waals surface area contributed by atoms with E-state index in [1.54, 1.807) is 12.1 Å². The number of hydrogen-bond acceptors (Lipinski definition) is 6. The van der Waals surface area contributed by atoms with Crippen molar-refractivity contribution in [2.24, 2.45) is 15.7 Å². The lowest BCUT2D eigenvalue weighted by Crippen LogP contribution is -2.56. The SMILES string of the molecule is Cc1ccc(C(=O)OC(CC2=NN(C(=O)Cc3ccccc3)C3(CC(c4ccc(C)cc4)=NO3)C2(C)C)=C(c2ccccc2)c2ccccc2)cc1. The van der Waals surface area contributed by atoms with Crippen molar-refractivity contribution in [3.63, 3.8) is 0 Å². The van der Waals surface area contributed by atoms with Crippen molar-refractivity contribution in [1.82, 2.24) is 5.01 Å². The highest BCUT2D eigenvalue weighted by molar-refractivity contribution is 6.05. The first kappa shape index (κ1) is 34.4. The summed E-state index contributed by atoms with van der Waals surface area (Å²) in [6, 6.07) is 44.8. The van der Waals surface area contributed by atoms with Crippen LogP contribution < -0.4 is 0 Å². The Bertz CT molecular complexity index is 2130. The van der Waals surface area contributed by atoms with Gasteiger partial charge in [0.05, 0.1) is 35.2 Å². The van der Waals surface area contributed by atoms with Gasteiger partial charge in [-0.1, -0.05) is 144 Å². The number of amides is 1. The second-order valence-corrected chi connectivity index (χ2v) is 14.0. The lowest BCUT2D eigenvalue weighted by atomic mass is 9.73. The molecule has 1 atom stereocenters. The zero-order chi connectivity index (χ0) is 36.3. The largest absolute Gasteiger partial charge is 0.426 e. The van der Waals surface area contributed by atoms with Crippen molar-refractivity contribution in [3.05, 3.63) is 184 Å². The molecule has 0 fully saturated rings. The van der Waals surface area contributed by atoms with Gasteiger partial charge in [0.1, 0.15) is 5.76 Å². The number of benzene rings is 5. The van der Waals surface area contributed by atoms with Crippen LogP contribution in [0.1, 0.15) is 70.4 Å². The minimum absolute atomic E-state index is 0.128. The molecule has 2 aliphatic heterocycles. The van der Waals surface area contributed by atoms with Gasteiger partial charge >= 0.3 is 5.97 Å². The molecule has 0 saturated carbocycles. The van der Waals surface area contributed by atoms with E-state index in [4.69, 9.17) is 14.7 Å². The highest BCUT2D eigenvalue weighted by Crippen LogP contribution is 2.51. The average Bonchev–Trinajstić information content (AvgIpc) is 3.70. The molecule has 1 unspecified atom stereocenters. The summed E-state index contributed by atoms with van der Waals surface area (Å²) in [5, 5.41) is 11.2. The van der Waals surface area contributed by atoms with Crippen molar-refractivity contribution in [1.29, 1.82) is 0 Å². The number of rotatable bonds is 9. The molecule has 7 rings (SSSR count). The van der Waals surface area contributed by atoms with Crippen LogP contribution in [0.5, 0.6) is 0 Å². The molecule has 7 heteroatoms. The molecule has 260 valence electrons. The summed E-state index contributed by atoms with van der Waals surface area (Å²) in [6.07, 6.45) is 0.579. The van der Waals surface area contributed by atoms with Gasteiger partial charge in [-0.3, -0.25) is 4.79 Å². The van der Waals surface area contributed by atoms with Crippen LogP contribution in [0.3, 0.4) is 0 Å². The molecule has 1 amide bonds. The molecular weight excluding hydrogens is 647 g/mol. The standard InChI is InChI=1S/C45H41N3O4/c1-31-20-24-34(25-21-31)38-30-45(52-47-38)44(3,4)40(46-48(45)41(49)28-33-14-8-5-9-15-33)29-39(51-43(50)37-26-22-32(2)23-27-37)42(35-16-10-6-11-17-35)36-18-12-7-13-19-36/h5-27H,28-30H2,1-4H3. The van der Waals surface area contributed by atoms with Gasteiger partial charge in [-0.05, 0) is 62.1 Å². The molecule has 7 nitrogen and oxygen atoms in total. The molecule has 0 saturated heterocycles. The van der Waals surface area contributed by atoms with E-state index in [-0.39, 0.29) is 18.7 Å². The van der Waals surface area contributed by atoms with Crippen LogP contribution in [0.15, 0.2) is 156 Å². The third-order valence-corrected chi connectivity index (χ3v) is 10.0. The number of ether oxygens (including phenoxy) is 1. The number of esters is 1. The topological polar surface area (TPSA) is 80.6 Å². The van der Waals surface area contributed by atoms with Crippen molar-refractivity contribution in [2.75, 3.05) is 0 Å².